The highest BCUT2D eigenvalue weighted by molar-refractivity contribution is 7.86. The Balaban J connectivity index is 2.72. The van der Waals surface area contributed by atoms with Crippen LogP contribution in [0.2, 0.25) is 0 Å². The maximum absolute atomic E-state index is 5.09. The van der Waals surface area contributed by atoms with Gasteiger partial charge in [-0.15, -0.1) is 12.6 Å². The molecule has 10 heavy (non-hydrogen) atoms. The molecule has 0 bridgehead atoms. The van der Waals surface area contributed by atoms with Gasteiger partial charge in [0.15, 0.2) is 0 Å². The molecule has 4 heteroatoms. The Kier molecular flexibility index (Phi) is 2.71. The molecule has 0 saturated heterocycles. The van der Waals surface area contributed by atoms with Crippen LogP contribution < -0.4 is 0 Å². The molecule has 0 aromatic carbocycles. The van der Waals surface area contributed by atoms with Crippen molar-refractivity contribution in [2.45, 2.75) is 5.44 Å². The van der Waals surface area contributed by atoms with Crippen LogP contribution in [0.4, 0.5) is 0 Å². The van der Waals surface area contributed by atoms with Crippen LogP contribution in [0.3, 0.4) is 0 Å². The van der Waals surface area contributed by atoms with Gasteiger partial charge < -0.3 is 9.47 Å². The van der Waals surface area contributed by atoms with Crippen LogP contribution in [0, 0.1) is 0 Å². The third-order valence-corrected chi connectivity index (χ3v) is 2.21. The van der Waals surface area contributed by atoms with Crippen molar-refractivity contribution in [2.24, 2.45) is 0 Å². The molecule has 0 aromatic heterocycles. The molecule has 1 aliphatic rings. The van der Waals surface area contributed by atoms with E-state index >= 15 is 0 Å². The summed E-state index contributed by atoms with van der Waals surface area (Å²) in [6.07, 6.45) is 1.80. The fourth-order valence-electron chi connectivity index (χ4n) is 0.697. The molecule has 0 aliphatic carbocycles. The highest BCUT2D eigenvalue weighted by Gasteiger charge is 2.18. The monoisotopic (exact) mass is 176 g/mol. The van der Waals surface area contributed by atoms with E-state index in [1.165, 1.54) is 0 Å². The summed E-state index contributed by atoms with van der Waals surface area (Å²) in [5, 5.41) is 0. The minimum absolute atomic E-state index is 0.282. The minimum Gasteiger partial charge on any atom is -0.496 e. The molecule has 1 heterocycles. The summed E-state index contributed by atoms with van der Waals surface area (Å²) in [6, 6.07) is 0. The number of methoxy groups -OCH3 is 1. The van der Waals surface area contributed by atoms with Crippen molar-refractivity contribution in [3.8, 4) is 0 Å². The highest BCUT2D eigenvalue weighted by Crippen LogP contribution is 2.15. The lowest BCUT2D eigenvalue weighted by atomic mass is 10.3. The van der Waals surface area contributed by atoms with E-state index in [1.807, 2.05) is 0 Å². The number of hydrogen-bond acceptors (Lipinski definition) is 4. The van der Waals surface area contributed by atoms with E-state index in [2.05, 4.69) is 12.6 Å². The predicted octanol–water partition coefficient (Wildman–Crippen LogP) is 1.17. The number of thiocarbonyl (C=S) groups is 1. The Bertz CT molecular complexity index is 177. The molecule has 0 spiro atoms. The second kappa shape index (κ2) is 3.37. The van der Waals surface area contributed by atoms with Gasteiger partial charge in [-0.25, -0.2) is 0 Å². The first kappa shape index (κ1) is 8.04. The maximum atomic E-state index is 5.09. The summed E-state index contributed by atoms with van der Waals surface area (Å²) < 4.78 is 10.1. The zero-order valence-electron chi connectivity index (χ0n) is 5.53. The second-order valence-corrected chi connectivity index (χ2v) is 2.73. The van der Waals surface area contributed by atoms with Crippen LogP contribution in [0.5, 0.6) is 0 Å². The number of ether oxygens (including phenoxy) is 2. The molecule has 0 amide bonds. The largest absolute Gasteiger partial charge is 0.496 e. The zero-order chi connectivity index (χ0) is 7.56. The third kappa shape index (κ3) is 1.51. The summed E-state index contributed by atoms with van der Waals surface area (Å²) in [4.78, 5) is 0.622. The van der Waals surface area contributed by atoms with Crippen LogP contribution >= 0.6 is 24.8 Å². The number of thiol groups is 1. The average molecular weight is 176 g/mol. The zero-order valence-corrected chi connectivity index (χ0v) is 7.24. The van der Waals surface area contributed by atoms with Gasteiger partial charge in [0, 0.05) is 0 Å². The first-order chi connectivity index (χ1) is 4.75. The van der Waals surface area contributed by atoms with E-state index < -0.39 is 0 Å². The summed E-state index contributed by atoms with van der Waals surface area (Å²) in [7, 11) is 1.59. The SMILES string of the molecule is COC1=CCOC(S)C1=S. The molecule has 1 atom stereocenters. The van der Waals surface area contributed by atoms with Gasteiger partial charge in [0.25, 0.3) is 0 Å². The second-order valence-electron chi connectivity index (χ2n) is 1.82. The van der Waals surface area contributed by atoms with Crippen molar-refractivity contribution in [1.82, 2.24) is 0 Å². The Morgan fingerprint density at radius 1 is 1.90 bits per heavy atom. The Morgan fingerprint density at radius 2 is 2.60 bits per heavy atom. The van der Waals surface area contributed by atoms with E-state index in [-0.39, 0.29) is 5.44 Å². The quantitative estimate of drug-likeness (QED) is 0.478. The lowest BCUT2D eigenvalue weighted by Crippen LogP contribution is -2.24. The maximum Gasteiger partial charge on any atom is 0.139 e. The molecule has 1 rings (SSSR count). The summed E-state index contributed by atoms with van der Waals surface area (Å²) >= 11 is 9.04. The van der Waals surface area contributed by atoms with Crippen molar-refractivity contribution in [1.29, 1.82) is 0 Å². The molecular formula is C6H8O2S2. The number of rotatable bonds is 1. The Morgan fingerprint density at radius 3 is 3.10 bits per heavy atom. The van der Waals surface area contributed by atoms with Gasteiger partial charge >= 0.3 is 0 Å². The minimum atomic E-state index is -0.282. The molecule has 1 unspecified atom stereocenters. The molecule has 56 valence electrons. The molecule has 0 aromatic rings. The van der Waals surface area contributed by atoms with E-state index in [0.717, 1.165) is 0 Å². The molecule has 0 saturated carbocycles. The smallest absolute Gasteiger partial charge is 0.139 e. The summed E-state index contributed by atoms with van der Waals surface area (Å²) in [5.41, 5.74) is -0.282. The topological polar surface area (TPSA) is 18.5 Å². The first-order valence-corrected chi connectivity index (χ1v) is 3.76. The van der Waals surface area contributed by atoms with Crippen LogP contribution in [0.15, 0.2) is 11.8 Å². The van der Waals surface area contributed by atoms with Crippen molar-refractivity contribution < 1.29 is 9.47 Å². The molecule has 0 fully saturated rings. The summed E-state index contributed by atoms with van der Waals surface area (Å²) in [5.74, 6) is 0.709. The van der Waals surface area contributed by atoms with Gasteiger partial charge in [0.1, 0.15) is 11.2 Å². The van der Waals surface area contributed by atoms with Gasteiger partial charge in [-0.1, -0.05) is 12.2 Å². The third-order valence-electron chi connectivity index (χ3n) is 1.21. The molecular weight excluding hydrogens is 168 g/mol. The van der Waals surface area contributed by atoms with Crippen molar-refractivity contribution in [2.75, 3.05) is 13.7 Å². The molecule has 2 nitrogen and oxygen atoms in total. The lowest BCUT2D eigenvalue weighted by Gasteiger charge is -2.18. The molecule has 0 N–H and O–H groups in total. The van der Waals surface area contributed by atoms with E-state index in [0.29, 0.717) is 17.2 Å². The van der Waals surface area contributed by atoms with E-state index in [1.54, 1.807) is 13.2 Å². The molecule has 0 radical (unpaired) electrons. The number of hydrogen-bond donors (Lipinski definition) is 1. The molecule has 1 aliphatic heterocycles. The van der Waals surface area contributed by atoms with Crippen LogP contribution in [-0.2, 0) is 9.47 Å². The van der Waals surface area contributed by atoms with Gasteiger partial charge in [-0.05, 0) is 6.08 Å². The van der Waals surface area contributed by atoms with E-state index in [4.69, 9.17) is 21.7 Å². The van der Waals surface area contributed by atoms with Crippen molar-refractivity contribution >= 4 is 29.7 Å². The first-order valence-electron chi connectivity index (χ1n) is 2.83. The highest BCUT2D eigenvalue weighted by atomic mass is 32.1. The van der Waals surface area contributed by atoms with E-state index in [9.17, 15) is 0 Å². The Labute approximate surface area is 70.6 Å². The van der Waals surface area contributed by atoms with Crippen molar-refractivity contribution in [3.63, 3.8) is 0 Å². The van der Waals surface area contributed by atoms with Gasteiger partial charge in [-0.3, -0.25) is 0 Å². The standard InChI is InChI=1S/C6H8O2S2/c1-7-4-2-3-8-6(10)5(4)9/h2,6,10H,3H2,1H3. The average Bonchev–Trinajstić information content (AvgIpc) is 1.95. The van der Waals surface area contributed by atoms with Crippen molar-refractivity contribution in [3.05, 3.63) is 11.8 Å². The lowest BCUT2D eigenvalue weighted by molar-refractivity contribution is 0.166. The van der Waals surface area contributed by atoms with Gasteiger partial charge in [-0.2, -0.15) is 0 Å². The van der Waals surface area contributed by atoms with Gasteiger partial charge in [0.05, 0.1) is 18.6 Å². The van der Waals surface area contributed by atoms with Gasteiger partial charge in [0.2, 0.25) is 0 Å². The summed E-state index contributed by atoms with van der Waals surface area (Å²) in [6.45, 7) is 0.525. The van der Waals surface area contributed by atoms with Crippen LogP contribution in [-0.4, -0.2) is 24.0 Å². The fraction of sp³-hybridized carbons (Fsp3) is 0.500. The van der Waals surface area contributed by atoms with Crippen LogP contribution in [0.1, 0.15) is 0 Å². The fourth-order valence-corrected chi connectivity index (χ4v) is 1.14. The Hall–Kier alpha value is -0.0600. The normalized spacial score (nSPS) is 26.0. The predicted molar refractivity (Wildman–Crippen MR) is 46.4 cm³/mol. The van der Waals surface area contributed by atoms with Crippen LogP contribution in [0.25, 0.3) is 0 Å².